The Labute approximate surface area is 141 Å². The number of hydrogen-bond donors (Lipinski definition) is 0. The van der Waals surface area contributed by atoms with Gasteiger partial charge in [0.2, 0.25) is 5.88 Å². The van der Waals surface area contributed by atoms with Gasteiger partial charge in [-0.2, -0.15) is 5.10 Å². The highest BCUT2D eigenvalue weighted by atomic mass is 16.5. The Morgan fingerprint density at radius 1 is 1.08 bits per heavy atom. The largest absolute Gasteiger partial charge is 0.478 e. The quantitative estimate of drug-likeness (QED) is 0.860. The molecule has 3 heterocycles. The molecule has 0 N–H and O–H groups in total. The minimum Gasteiger partial charge on any atom is -0.478 e. The molecule has 24 heavy (non-hydrogen) atoms. The standard InChI is InChI=1S/C18H22N4O2/c23-18(16-13-17-22(19-16)7-4-12-24-17)21-10-8-20(9-11-21)14-15-5-2-1-3-6-15/h1-3,5-6,13H,4,7-12,14H2. The number of rotatable bonds is 3. The van der Waals surface area contributed by atoms with E-state index in [2.05, 4.69) is 34.3 Å². The molecule has 0 unspecified atom stereocenters. The zero-order valence-electron chi connectivity index (χ0n) is 13.7. The lowest BCUT2D eigenvalue weighted by Crippen LogP contribution is -2.48. The van der Waals surface area contributed by atoms with Gasteiger partial charge >= 0.3 is 0 Å². The van der Waals surface area contributed by atoms with Crippen LogP contribution in [0.2, 0.25) is 0 Å². The SMILES string of the molecule is O=C(c1cc2n(n1)CCCO2)N1CCN(Cc2ccccc2)CC1. The molecule has 0 radical (unpaired) electrons. The summed E-state index contributed by atoms with van der Waals surface area (Å²) in [4.78, 5) is 16.9. The molecule has 1 fully saturated rings. The first-order valence-corrected chi connectivity index (χ1v) is 8.56. The van der Waals surface area contributed by atoms with Gasteiger partial charge in [-0.1, -0.05) is 30.3 Å². The van der Waals surface area contributed by atoms with Crippen LogP contribution in [0.5, 0.6) is 5.88 Å². The van der Waals surface area contributed by atoms with Crippen molar-refractivity contribution < 1.29 is 9.53 Å². The van der Waals surface area contributed by atoms with Crippen LogP contribution in [0.1, 0.15) is 22.5 Å². The molecule has 2 aliphatic rings. The average molecular weight is 326 g/mol. The minimum atomic E-state index is 0.0138. The van der Waals surface area contributed by atoms with Crippen LogP contribution in [0, 0.1) is 0 Å². The third-order valence-electron chi connectivity index (χ3n) is 4.63. The van der Waals surface area contributed by atoms with Crippen molar-refractivity contribution in [2.24, 2.45) is 0 Å². The van der Waals surface area contributed by atoms with Gasteiger partial charge in [0, 0.05) is 51.8 Å². The van der Waals surface area contributed by atoms with Gasteiger partial charge in [-0.15, -0.1) is 0 Å². The van der Waals surface area contributed by atoms with Crippen molar-refractivity contribution in [3.05, 3.63) is 47.7 Å². The van der Waals surface area contributed by atoms with E-state index in [4.69, 9.17) is 4.74 Å². The number of ether oxygens (including phenoxy) is 1. The molecule has 126 valence electrons. The summed E-state index contributed by atoms with van der Waals surface area (Å²) in [6.45, 7) is 5.75. The molecule has 2 aromatic rings. The number of amides is 1. The number of benzene rings is 1. The number of aromatic nitrogens is 2. The van der Waals surface area contributed by atoms with Crippen molar-refractivity contribution >= 4 is 5.91 Å². The Kier molecular flexibility index (Phi) is 4.21. The van der Waals surface area contributed by atoms with Crippen LogP contribution in [0.3, 0.4) is 0 Å². The van der Waals surface area contributed by atoms with Gasteiger partial charge in [-0.05, 0) is 5.56 Å². The molecule has 6 heteroatoms. The monoisotopic (exact) mass is 326 g/mol. The highest BCUT2D eigenvalue weighted by molar-refractivity contribution is 5.92. The van der Waals surface area contributed by atoms with Gasteiger partial charge in [0.15, 0.2) is 5.69 Å². The third-order valence-corrected chi connectivity index (χ3v) is 4.63. The molecule has 1 amide bonds. The van der Waals surface area contributed by atoms with Crippen molar-refractivity contribution in [2.75, 3.05) is 32.8 Å². The van der Waals surface area contributed by atoms with Crippen LogP contribution < -0.4 is 4.74 Å². The zero-order chi connectivity index (χ0) is 16.4. The summed E-state index contributed by atoms with van der Waals surface area (Å²) in [6.07, 6.45) is 0.945. The number of piperazine rings is 1. The number of nitrogens with zero attached hydrogens (tertiary/aromatic N) is 4. The van der Waals surface area contributed by atoms with Gasteiger partial charge in [0.25, 0.3) is 5.91 Å². The topological polar surface area (TPSA) is 50.6 Å². The van der Waals surface area contributed by atoms with Gasteiger partial charge in [0.05, 0.1) is 6.61 Å². The molecule has 2 aliphatic heterocycles. The molecule has 0 bridgehead atoms. The van der Waals surface area contributed by atoms with Crippen LogP contribution >= 0.6 is 0 Å². The maximum absolute atomic E-state index is 12.7. The first-order valence-electron chi connectivity index (χ1n) is 8.56. The second-order valence-electron chi connectivity index (χ2n) is 6.35. The summed E-state index contributed by atoms with van der Waals surface area (Å²) in [7, 11) is 0. The lowest BCUT2D eigenvalue weighted by Gasteiger charge is -2.34. The highest BCUT2D eigenvalue weighted by Gasteiger charge is 2.25. The maximum atomic E-state index is 12.7. The van der Waals surface area contributed by atoms with Gasteiger partial charge < -0.3 is 9.64 Å². The number of carbonyl (C=O) groups excluding carboxylic acids is 1. The third kappa shape index (κ3) is 3.14. The Morgan fingerprint density at radius 3 is 2.62 bits per heavy atom. The smallest absolute Gasteiger partial charge is 0.274 e. The Morgan fingerprint density at radius 2 is 1.88 bits per heavy atom. The summed E-state index contributed by atoms with van der Waals surface area (Å²) in [5.41, 5.74) is 1.82. The first-order chi connectivity index (χ1) is 11.8. The van der Waals surface area contributed by atoms with E-state index in [1.807, 2.05) is 11.0 Å². The minimum absolute atomic E-state index is 0.0138. The van der Waals surface area contributed by atoms with Crippen LogP contribution in [-0.2, 0) is 13.1 Å². The second kappa shape index (κ2) is 6.65. The molecule has 0 saturated carbocycles. The molecule has 0 spiro atoms. The van der Waals surface area contributed by atoms with E-state index >= 15 is 0 Å². The van der Waals surface area contributed by atoms with Gasteiger partial charge in [-0.3, -0.25) is 9.69 Å². The van der Waals surface area contributed by atoms with Crippen molar-refractivity contribution in [3.8, 4) is 5.88 Å². The summed E-state index contributed by atoms with van der Waals surface area (Å²) in [6, 6.07) is 12.2. The molecule has 4 rings (SSSR count). The fraction of sp³-hybridized carbons (Fsp3) is 0.444. The Hall–Kier alpha value is -2.34. The molecular weight excluding hydrogens is 304 g/mol. The predicted octanol–water partition coefficient (Wildman–Crippen LogP) is 1.62. The number of carbonyl (C=O) groups is 1. The van der Waals surface area contributed by atoms with Crippen molar-refractivity contribution in [1.82, 2.24) is 19.6 Å². The van der Waals surface area contributed by atoms with E-state index in [0.29, 0.717) is 18.2 Å². The Balaban J connectivity index is 1.35. The summed E-state index contributed by atoms with van der Waals surface area (Å²) < 4.78 is 7.34. The second-order valence-corrected chi connectivity index (χ2v) is 6.35. The van der Waals surface area contributed by atoms with E-state index < -0.39 is 0 Å². The molecular formula is C18H22N4O2. The van der Waals surface area contributed by atoms with Crippen molar-refractivity contribution in [3.63, 3.8) is 0 Å². The lowest BCUT2D eigenvalue weighted by atomic mass is 10.2. The summed E-state index contributed by atoms with van der Waals surface area (Å²) >= 11 is 0. The lowest BCUT2D eigenvalue weighted by molar-refractivity contribution is 0.0621. The Bertz CT molecular complexity index is 682. The average Bonchev–Trinajstić information content (AvgIpc) is 3.07. The molecule has 1 aromatic heterocycles. The van der Waals surface area contributed by atoms with Gasteiger partial charge in [0.1, 0.15) is 0 Å². The molecule has 0 aliphatic carbocycles. The normalized spacial score (nSPS) is 18.1. The van der Waals surface area contributed by atoms with E-state index in [-0.39, 0.29) is 5.91 Å². The van der Waals surface area contributed by atoms with E-state index in [1.54, 1.807) is 10.7 Å². The number of hydrogen-bond acceptors (Lipinski definition) is 4. The van der Waals surface area contributed by atoms with Crippen LogP contribution in [0.25, 0.3) is 0 Å². The molecule has 0 atom stereocenters. The number of aryl methyl sites for hydroxylation is 1. The molecule has 6 nitrogen and oxygen atoms in total. The van der Waals surface area contributed by atoms with Crippen LogP contribution in [-0.4, -0.2) is 58.3 Å². The first kappa shape index (κ1) is 15.2. The highest BCUT2D eigenvalue weighted by Crippen LogP contribution is 2.20. The fourth-order valence-corrected chi connectivity index (χ4v) is 3.28. The summed E-state index contributed by atoms with van der Waals surface area (Å²) in [5, 5.41) is 4.40. The molecule has 1 aromatic carbocycles. The maximum Gasteiger partial charge on any atom is 0.274 e. The van der Waals surface area contributed by atoms with E-state index in [1.165, 1.54) is 5.56 Å². The predicted molar refractivity (Wildman–Crippen MR) is 90.0 cm³/mol. The zero-order valence-corrected chi connectivity index (χ0v) is 13.7. The fourth-order valence-electron chi connectivity index (χ4n) is 3.28. The van der Waals surface area contributed by atoms with Crippen molar-refractivity contribution in [1.29, 1.82) is 0 Å². The van der Waals surface area contributed by atoms with Crippen LogP contribution in [0.4, 0.5) is 0 Å². The number of fused-ring (bicyclic) bond motifs is 1. The summed E-state index contributed by atoms with van der Waals surface area (Å²) in [5.74, 6) is 0.729. The molecule has 1 saturated heterocycles. The van der Waals surface area contributed by atoms with E-state index in [9.17, 15) is 4.79 Å². The van der Waals surface area contributed by atoms with Crippen molar-refractivity contribution in [2.45, 2.75) is 19.5 Å². The van der Waals surface area contributed by atoms with E-state index in [0.717, 1.165) is 45.7 Å². The van der Waals surface area contributed by atoms with Crippen LogP contribution in [0.15, 0.2) is 36.4 Å². The van der Waals surface area contributed by atoms with Gasteiger partial charge in [-0.25, -0.2) is 4.68 Å².